The van der Waals surface area contributed by atoms with Crippen LogP contribution < -0.4 is 4.74 Å². The van der Waals surface area contributed by atoms with Crippen LogP contribution >= 0.6 is 23.2 Å². The molecule has 2 aromatic rings. The molecule has 0 aliphatic carbocycles. The second-order valence-electron chi connectivity index (χ2n) is 8.09. The van der Waals surface area contributed by atoms with Crippen LogP contribution in [-0.2, 0) is 4.74 Å². The van der Waals surface area contributed by atoms with Crippen molar-refractivity contribution in [3.8, 4) is 16.9 Å². The number of carbonyl (C=O) groups excluding carboxylic acids is 1. The summed E-state index contributed by atoms with van der Waals surface area (Å²) in [6.45, 7) is 5.16. The summed E-state index contributed by atoms with van der Waals surface area (Å²) in [6, 6.07) is 10.6. The zero-order chi connectivity index (χ0) is 23.2. The highest BCUT2D eigenvalue weighted by molar-refractivity contribution is 6.36. The monoisotopic (exact) mass is 478 g/mol. The van der Waals surface area contributed by atoms with Gasteiger partial charge in [-0.15, -0.1) is 0 Å². The first-order chi connectivity index (χ1) is 15.6. The second kappa shape index (κ2) is 15.2. The number of benzene rings is 2. The fraction of sp³-hybridized carbons (Fsp3) is 0.519. The summed E-state index contributed by atoms with van der Waals surface area (Å²) in [6.07, 6.45) is 12.5. The number of esters is 1. The fourth-order valence-electron chi connectivity index (χ4n) is 3.66. The van der Waals surface area contributed by atoms with Crippen molar-refractivity contribution in [3.05, 3.63) is 52.0 Å². The van der Waals surface area contributed by atoms with E-state index in [4.69, 9.17) is 32.7 Å². The first kappa shape index (κ1) is 26.5. The molecule has 0 spiro atoms. The van der Waals surface area contributed by atoms with E-state index in [0.29, 0.717) is 40.1 Å². The van der Waals surface area contributed by atoms with Crippen molar-refractivity contribution in [2.45, 2.75) is 78.1 Å². The van der Waals surface area contributed by atoms with Crippen LogP contribution in [0.1, 0.15) is 88.4 Å². The third-order valence-corrected chi connectivity index (χ3v) is 6.13. The smallest absolute Gasteiger partial charge is 0.338 e. The van der Waals surface area contributed by atoms with Crippen molar-refractivity contribution in [2.24, 2.45) is 0 Å². The highest BCUT2D eigenvalue weighted by Crippen LogP contribution is 2.36. The maximum Gasteiger partial charge on any atom is 0.338 e. The van der Waals surface area contributed by atoms with E-state index in [9.17, 15) is 4.79 Å². The van der Waals surface area contributed by atoms with E-state index >= 15 is 0 Å². The van der Waals surface area contributed by atoms with E-state index in [1.807, 2.05) is 19.1 Å². The van der Waals surface area contributed by atoms with Crippen molar-refractivity contribution in [3.63, 3.8) is 0 Å². The summed E-state index contributed by atoms with van der Waals surface area (Å²) < 4.78 is 11.1. The number of hydrogen-bond acceptors (Lipinski definition) is 3. The molecule has 0 heterocycles. The van der Waals surface area contributed by atoms with Gasteiger partial charge in [-0.25, -0.2) is 4.79 Å². The van der Waals surface area contributed by atoms with Crippen LogP contribution in [0.5, 0.6) is 5.75 Å². The van der Waals surface area contributed by atoms with Gasteiger partial charge in [0, 0.05) is 21.2 Å². The highest BCUT2D eigenvalue weighted by Gasteiger charge is 2.14. The largest absolute Gasteiger partial charge is 0.494 e. The molecule has 0 N–H and O–H groups in total. The Kier molecular flexibility index (Phi) is 12.6. The molecule has 0 unspecified atom stereocenters. The quantitative estimate of drug-likeness (QED) is 0.189. The standard InChI is InChI=1S/C27H36Cl2O3/c1-3-5-6-7-8-9-10-11-12-13-18-32-27(30)21-14-16-25(28)23(19-21)24-20-22(31-4-2)15-17-26(24)29/h14-17,19-20H,3-13,18H2,1-2H3. The molecule has 0 fully saturated rings. The lowest BCUT2D eigenvalue weighted by atomic mass is 10.0. The highest BCUT2D eigenvalue weighted by atomic mass is 35.5. The third-order valence-electron chi connectivity index (χ3n) is 5.47. The molecule has 0 atom stereocenters. The lowest BCUT2D eigenvalue weighted by molar-refractivity contribution is 0.0497. The first-order valence-corrected chi connectivity index (χ1v) is 12.7. The van der Waals surface area contributed by atoms with Crippen molar-refractivity contribution in [1.29, 1.82) is 0 Å². The Morgan fingerprint density at radius 1 is 0.750 bits per heavy atom. The number of carbonyl (C=O) groups is 1. The van der Waals surface area contributed by atoms with Crippen LogP contribution in [0.3, 0.4) is 0 Å². The molecule has 32 heavy (non-hydrogen) atoms. The summed E-state index contributed by atoms with van der Waals surface area (Å²) in [4.78, 5) is 12.5. The van der Waals surface area contributed by atoms with Gasteiger partial charge >= 0.3 is 5.97 Å². The summed E-state index contributed by atoms with van der Waals surface area (Å²) >= 11 is 12.8. The van der Waals surface area contributed by atoms with Gasteiger partial charge in [0.15, 0.2) is 0 Å². The second-order valence-corrected chi connectivity index (χ2v) is 8.90. The molecule has 176 valence electrons. The van der Waals surface area contributed by atoms with Gasteiger partial charge in [0.05, 0.1) is 18.8 Å². The van der Waals surface area contributed by atoms with E-state index in [0.717, 1.165) is 18.4 Å². The first-order valence-electron chi connectivity index (χ1n) is 12.0. The number of rotatable bonds is 15. The predicted molar refractivity (Wildman–Crippen MR) is 135 cm³/mol. The molecule has 0 amide bonds. The maximum absolute atomic E-state index is 12.5. The molecule has 0 aliphatic rings. The van der Waals surface area contributed by atoms with Crippen LogP contribution in [0.4, 0.5) is 0 Å². The van der Waals surface area contributed by atoms with Crippen LogP contribution in [-0.4, -0.2) is 19.2 Å². The zero-order valence-corrected chi connectivity index (χ0v) is 20.9. The van der Waals surface area contributed by atoms with Gasteiger partial charge in [-0.2, -0.15) is 0 Å². The number of hydrogen-bond donors (Lipinski definition) is 0. The number of unbranched alkanes of at least 4 members (excludes halogenated alkanes) is 9. The minimum absolute atomic E-state index is 0.337. The van der Waals surface area contributed by atoms with Gasteiger partial charge in [0.25, 0.3) is 0 Å². The van der Waals surface area contributed by atoms with Crippen LogP contribution in [0, 0.1) is 0 Å². The van der Waals surface area contributed by atoms with E-state index in [-0.39, 0.29) is 5.97 Å². The van der Waals surface area contributed by atoms with Crippen LogP contribution in [0.2, 0.25) is 10.0 Å². The topological polar surface area (TPSA) is 35.5 Å². The SMILES string of the molecule is CCCCCCCCCCCCOC(=O)c1ccc(Cl)c(-c2cc(OCC)ccc2Cl)c1. The van der Waals surface area contributed by atoms with Crippen molar-refractivity contribution >= 4 is 29.2 Å². The molecular formula is C27H36Cl2O3. The fourth-order valence-corrected chi connectivity index (χ4v) is 4.10. The Bertz CT molecular complexity index is 836. The summed E-state index contributed by atoms with van der Waals surface area (Å²) in [5.41, 5.74) is 1.88. The predicted octanol–water partition coefficient (Wildman–Crippen LogP) is 9.14. The van der Waals surface area contributed by atoms with Crippen molar-refractivity contribution in [2.75, 3.05) is 13.2 Å². The Balaban J connectivity index is 1.81. The summed E-state index contributed by atoms with van der Waals surface area (Å²) in [5, 5.41) is 1.07. The normalized spacial score (nSPS) is 10.9. The Hall–Kier alpha value is -1.71. The lowest BCUT2D eigenvalue weighted by Gasteiger charge is -2.12. The molecule has 0 aromatic heterocycles. The number of halogens is 2. The molecule has 0 saturated carbocycles. The molecular weight excluding hydrogens is 443 g/mol. The molecule has 0 bridgehead atoms. The average Bonchev–Trinajstić information content (AvgIpc) is 2.79. The molecule has 3 nitrogen and oxygen atoms in total. The lowest BCUT2D eigenvalue weighted by Crippen LogP contribution is -2.06. The van der Waals surface area contributed by atoms with E-state index in [1.165, 1.54) is 51.4 Å². The summed E-state index contributed by atoms with van der Waals surface area (Å²) in [7, 11) is 0. The minimum atomic E-state index is -0.337. The average molecular weight is 479 g/mol. The number of ether oxygens (including phenoxy) is 2. The Labute approximate surface area is 203 Å². The van der Waals surface area contributed by atoms with Gasteiger partial charge in [0.2, 0.25) is 0 Å². The maximum atomic E-state index is 12.5. The van der Waals surface area contributed by atoms with Crippen molar-refractivity contribution < 1.29 is 14.3 Å². The van der Waals surface area contributed by atoms with E-state index < -0.39 is 0 Å². The Morgan fingerprint density at radius 3 is 1.94 bits per heavy atom. The van der Waals surface area contributed by atoms with Gasteiger partial charge in [-0.05, 0) is 49.7 Å². The van der Waals surface area contributed by atoms with E-state index in [2.05, 4.69) is 6.92 Å². The van der Waals surface area contributed by atoms with Gasteiger partial charge in [0.1, 0.15) is 5.75 Å². The molecule has 0 saturated heterocycles. The van der Waals surface area contributed by atoms with Gasteiger partial charge < -0.3 is 9.47 Å². The van der Waals surface area contributed by atoms with Gasteiger partial charge in [-0.3, -0.25) is 0 Å². The molecule has 2 rings (SSSR count). The molecule has 2 aromatic carbocycles. The summed E-state index contributed by atoms with van der Waals surface area (Å²) in [5.74, 6) is 0.368. The van der Waals surface area contributed by atoms with Crippen LogP contribution in [0.25, 0.3) is 11.1 Å². The van der Waals surface area contributed by atoms with E-state index in [1.54, 1.807) is 24.3 Å². The molecule has 5 heteroatoms. The molecule has 0 radical (unpaired) electrons. The third kappa shape index (κ3) is 9.03. The van der Waals surface area contributed by atoms with Crippen LogP contribution in [0.15, 0.2) is 36.4 Å². The zero-order valence-electron chi connectivity index (χ0n) is 19.4. The van der Waals surface area contributed by atoms with Gasteiger partial charge in [-0.1, -0.05) is 87.9 Å². The Morgan fingerprint density at radius 2 is 1.31 bits per heavy atom. The molecule has 0 aliphatic heterocycles. The van der Waals surface area contributed by atoms with Crippen molar-refractivity contribution in [1.82, 2.24) is 0 Å². The minimum Gasteiger partial charge on any atom is -0.494 e.